The highest BCUT2D eigenvalue weighted by Gasteiger charge is 2.32. The lowest BCUT2D eigenvalue weighted by atomic mass is 9.98. The van der Waals surface area contributed by atoms with E-state index in [2.05, 4.69) is 0 Å². The molecule has 0 saturated carbocycles. The zero-order valence-electron chi connectivity index (χ0n) is 11.0. The van der Waals surface area contributed by atoms with Crippen molar-refractivity contribution in [3.63, 3.8) is 0 Å². The molecule has 1 aliphatic rings. The zero-order valence-corrected chi connectivity index (χ0v) is 11.8. The third kappa shape index (κ3) is 3.64. The summed E-state index contributed by atoms with van der Waals surface area (Å²) >= 11 is 0. The lowest BCUT2D eigenvalue weighted by Gasteiger charge is -2.27. The topological polar surface area (TPSA) is 60.9 Å². The van der Waals surface area contributed by atoms with Crippen molar-refractivity contribution in [2.75, 3.05) is 26.2 Å². The van der Waals surface area contributed by atoms with Gasteiger partial charge in [-0.25, -0.2) is 0 Å². The minimum absolute atomic E-state index is 0.409. The zero-order chi connectivity index (χ0) is 13.1. The second kappa shape index (κ2) is 5.65. The Balaban J connectivity index is 2.79. The Morgan fingerprint density at radius 1 is 1.24 bits per heavy atom. The predicted octanol–water partition coefficient (Wildman–Crippen LogP) is 0.810. The van der Waals surface area contributed by atoms with Gasteiger partial charge in [-0.2, -0.15) is 17.0 Å². The third-order valence-corrected chi connectivity index (χ3v) is 5.57. The third-order valence-electron chi connectivity index (χ3n) is 3.38. The molecule has 0 radical (unpaired) electrons. The van der Waals surface area contributed by atoms with Gasteiger partial charge in [-0.1, -0.05) is 13.8 Å². The molecule has 1 rings (SSSR count). The summed E-state index contributed by atoms with van der Waals surface area (Å²) in [7, 11) is -3.34. The van der Waals surface area contributed by atoms with Crippen LogP contribution in [0.4, 0.5) is 0 Å². The van der Waals surface area contributed by atoms with Gasteiger partial charge in [0.1, 0.15) is 0 Å². The second-order valence-corrected chi connectivity index (χ2v) is 6.77. The van der Waals surface area contributed by atoms with Crippen LogP contribution in [0.15, 0.2) is 0 Å². The lowest BCUT2D eigenvalue weighted by molar-refractivity contribution is 0.0464. The Bertz CT molecular complexity index is 337. The van der Waals surface area contributed by atoms with E-state index in [1.165, 1.54) is 8.61 Å². The fourth-order valence-electron chi connectivity index (χ4n) is 2.18. The Morgan fingerprint density at radius 3 is 2.35 bits per heavy atom. The average Bonchev–Trinajstić information content (AvgIpc) is 2.41. The van der Waals surface area contributed by atoms with Crippen LogP contribution >= 0.6 is 0 Å². The molecule has 1 aliphatic heterocycles. The summed E-state index contributed by atoms with van der Waals surface area (Å²) in [6, 6.07) is 0. The Labute approximate surface area is 105 Å². The van der Waals surface area contributed by atoms with Gasteiger partial charge < -0.3 is 5.11 Å². The van der Waals surface area contributed by atoms with Crippen molar-refractivity contribution in [3.05, 3.63) is 0 Å². The summed E-state index contributed by atoms with van der Waals surface area (Å²) in [6.07, 6.45) is 1.89. The van der Waals surface area contributed by atoms with Crippen molar-refractivity contribution in [2.24, 2.45) is 0 Å². The number of rotatable bonds is 4. The van der Waals surface area contributed by atoms with Gasteiger partial charge in [-0.05, 0) is 26.2 Å². The first-order valence-corrected chi connectivity index (χ1v) is 7.71. The monoisotopic (exact) mass is 264 g/mol. The van der Waals surface area contributed by atoms with E-state index < -0.39 is 15.8 Å². The molecule has 1 fully saturated rings. The maximum atomic E-state index is 12.3. The minimum atomic E-state index is -3.34. The van der Waals surface area contributed by atoms with Crippen molar-refractivity contribution in [1.29, 1.82) is 0 Å². The van der Waals surface area contributed by atoms with Gasteiger partial charge in [0.2, 0.25) is 0 Å². The van der Waals surface area contributed by atoms with Gasteiger partial charge in [0.15, 0.2) is 0 Å². The van der Waals surface area contributed by atoms with E-state index >= 15 is 0 Å². The fraction of sp³-hybridized carbons (Fsp3) is 1.00. The number of hydrogen-bond donors (Lipinski definition) is 1. The maximum Gasteiger partial charge on any atom is 0.281 e. The molecule has 6 heteroatoms. The molecule has 1 N–H and O–H groups in total. The van der Waals surface area contributed by atoms with E-state index in [1.807, 2.05) is 13.8 Å². The standard InChI is InChI=1S/C11H24N2O3S/c1-4-12(5-2)17(15,16)13-9-6-7-11(3,14)8-10-13/h14H,4-10H2,1-3H3. The van der Waals surface area contributed by atoms with Gasteiger partial charge in [0, 0.05) is 26.2 Å². The van der Waals surface area contributed by atoms with E-state index in [9.17, 15) is 13.5 Å². The normalized spacial score (nSPS) is 28.3. The van der Waals surface area contributed by atoms with E-state index in [1.54, 1.807) is 6.92 Å². The summed E-state index contributed by atoms with van der Waals surface area (Å²) in [5, 5.41) is 9.96. The molecule has 0 aromatic rings. The SMILES string of the molecule is CCN(CC)S(=O)(=O)N1CCCC(C)(O)CC1. The first-order chi connectivity index (χ1) is 7.83. The Kier molecular flexibility index (Phi) is 4.95. The molecule has 0 bridgehead atoms. The van der Waals surface area contributed by atoms with E-state index in [4.69, 9.17) is 0 Å². The summed E-state index contributed by atoms with van der Waals surface area (Å²) in [5.41, 5.74) is -0.729. The van der Waals surface area contributed by atoms with Crippen LogP contribution in [0.2, 0.25) is 0 Å². The molecule has 0 amide bonds. The van der Waals surface area contributed by atoms with E-state index in [-0.39, 0.29) is 0 Å². The highest BCUT2D eigenvalue weighted by Crippen LogP contribution is 2.23. The molecule has 1 unspecified atom stereocenters. The summed E-state index contributed by atoms with van der Waals surface area (Å²) in [6.45, 7) is 7.36. The largest absolute Gasteiger partial charge is 0.390 e. The van der Waals surface area contributed by atoms with Crippen molar-refractivity contribution in [3.8, 4) is 0 Å². The van der Waals surface area contributed by atoms with Crippen LogP contribution in [0.25, 0.3) is 0 Å². The Morgan fingerprint density at radius 2 is 1.82 bits per heavy atom. The highest BCUT2D eigenvalue weighted by atomic mass is 32.2. The van der Waals surface area contributed by atoms with E-state index in [0.29, 0.717) is 45.4 Å². The molecular formula is C11H24N2O3S. The Hall–Kier alpha value is -0.170. The molecule has 1 heterocycles. The van der Waals surface area contributed by atoms with Gasteiger partial charge in [0.25, 0.3) is 10.2 Å². The van der Waals surface area contributed by atoms with Crippen LogP contribution in [-0.2, 0) is 10.2 Å². The first-order valence-electron chi connectivity index (χ1n) is 6.31. The smallest absolute Gasteiger partial charge is 0.281 e. The van der Waals surface area contributed by atoms with Crippen LogP contribution in [-0.4, -0.2) is 53.9 Å². The highest BCUT2D eigenvalue weighted by molar-refractivity contribution is 7.86. The number of aliphatic hydroxyl groups is 1. The second-order valence-electron chi connectivity index (χ2n) is 4.84. The summed E-state index contributed by atoms with van der Waals surface area (Å²) in [5.74, 6) is 0. The predicted molar refractivity (Wildman–Crippen MR) is 67.9 cm³/mol. The molecular weight excluding hydrogens is 240 g/mol. The van der Waals surface area contributed by atoms with Crippen molar-refractivity contribution in [2.45, 2.75) is 45.6 Å². The minimum Gasteiger partial charge on any atom is -0.390 e. The number of nitrogens with zero attached hydrogens (tertiary/aromatic N) is 2. The first kappa shape index (κ1) is 14.9. The molecule has 0 aliphatic carbocycles. The maximum absolute atomic E-state index is 12.3. The number of hydrogen-bond acceptors (Lipinski definition) is 3. The molecule has 5 nitrogen and oxygen atoms in total. The molecule has 0 aromatic carbocycles. The van der Waals surface area contributed by atoms with Gasteiger partial charge in [-0.15, -0.1) is 0 Å². The summed E-state index contributed by atoms with van der Waals surface area (Å²) < 4.78 is 27.5. The van der Waals surface area contributed by atoms with Gasteiger partial charge in [-0.3, -0.25) is 0 Å². The van der Waals surface area contributed by atoms with Crippen molar-refractivity contribution < 1.29 is 13.5 Å². The quantitative estimate of drug-likeness (QED) is 0.817. The van der Waals surface area contributed by atoms with E-state index in [0.717, 1.165) is 0 Å². The molecule has 0 spiro atoms. The van der Waals surface area contributed by atoms with Gasteiger partial charge in [0.05, 0.1) is 5.60 Å². The van der Waals surface area contributed by atoms with Crippen molar-refractivity contribution in [1.82, 2.24) is 8.61 Å². The van der Waals surface area contributed by atoms with Gasteiger partial charge >= 0.3 is 0 Å². The fourth-order valence-corrected chi connectivity index (χ4v) is 3.84. The molecule has 17 heavy (non-hydrogen) atoms. The van der Waals surface area contributed by atoms with Crippen LogP contribution in [0, 0.1) is 0 Å². The van der Waals surface area contributed by atoms with Crippen LogP contribution in [0.3, 0.4) is 0 Å². The van der Waals surface area contributed by atoms with Crippen LogP contribution < -0.4 is 0 Å². The average molecular weight is 264 g/mol. The summed E-state index contributed by atoms with van der Waals surface area (Å²) in [4.78, 5) is 0. The van der Waals surface area contributed by atoms with Crippen LogP contribution in [0.5, 0.6) is 0 Å². The van der Waals surface area contributed by atoms with Crippen LogP contribution in [0.1, 0.15) is 40.0 Å². The molecule has 0 aromatic heterocycles. The van der Waals surface area contributed by atoms with Crippen molar-refractivity contribution >= 4 is 10.2 Å². The molecule has 1 atom stereocenters. The molecule has 102 valence electrons. The molecule has 1 saturated heterocycles. The lowest BCUT2D eigenvalue weighted by Crippen LogP contribution is -2.44.